The number of hydrogen-bond donors (Lipinski definition) is 0. The maximum Gasteiger partial charge on any atom is -0.0776 e. The van der Waals surface area contributed by atoms with E-state index in [1.807, 2.05) is 0 Å². The average Bonchev–Trinajstić information content (AvgIpc) is 0. The van der Waals surface area contributed by atoms with Crippen LogP contribution in [0.3, 0.4) is 0 Å². The van der Waals surface area contributed by atoms with Gasteiger partial charge in [-0.1, -0.05) is 275 Å². The minimum absolute atomic E-state index is 0. The molecule has 0 N–H and O–H groups in total. The maximum absolute atomic E-state index is 0. The summed E-state index contributed by atoms with van der Waals surface area (Å²) in [5, 5.41) is 0. The van der Waals surface area contributed by atoms with Gasteiger partial charge in [0.25, 0.3) is 0 Å². The summed E-state index contributed by atoms with van der Waals surface area (Å²) in [5.41, 5.74) is 0. The summed E-state index contributed by atoms with van der Waals surface area (Å²) in [6, 6.07) is 0. The highest BCUT2D eigenvalue weighted by Crippen LogP contribution is 0.180. The predicted octanol–water partition coefficient (Wildman–Crippen LogP) is 23.5. The highest BCUT2D eigenvalue weighted by atomic mass is 12.0. The molecule has 0 heteroatoms. The molecule has 0 unspecified atom stereocenters. The first-order valence-electron chi connectivity index (χ1n) is 0. The molecule has 0 atom stereocenters. The zero-order valence-electron chi connectivity index (χ0n) is 0. The molecule has 0 aliphatic heterocycles. The lowest BCUT2D eigenvalue weighted by molar-refractivity contribution is 2.50. The van der Waals surface area contributed by atoms with Crippen molar-refractivity contribution in [3.8, 4) is 0 Å². The van der Waals surface area contributed by atoms with E-state index in [1.54, 1.807) is 0 Å². The summed E-state index contributed by atoms with van der Waals surface area (Å²) in [6.07, 6.45) is 0. The fraction of sp³-hybridized carbons (Fsp3) is 1.00. The lowest BCUT2D eigenvalue weighted by Crippen LogP contribution is 0.143. The fourth-order valence-corrected chi connectivity index (χ4v) is 0. The second kappa shape index (κ2) is 0. The van der Waals surface area contributed by atoms with Crippen LogP contribution in [-0.4, -0.2) is 0 Å². The van der Waals surface area contributed by atoms with E-state index >= 15 is 0 Å². The lowest BCUT2D eigenvalue weighted by atomic mass is 12.0. The second-order valence-corrected chi connectivity index (χ2v) is 0. The van der Waals surface area contributed by atoms with Crippen molar-refractivity contribution in [3.63, 3.8) is 0 Å². The molecule has 0 fully saturated rings. The van der Waals surface area contributed by atoms with E-state index in [0.29, 0.717) is 0 Å². The molecule has 0 saturated carbocycles. The summed E-state index contributed by atoms with van der Waals surface area (Å²) < 4.78 is 0. The Morgan fingerprint density at radius 3 is 0.0270 bits per heavy atom. The third-order valence-electron chi connectivity index (χ3n) is 0. The van der Waals surface area contributed by atoms with Crippen molar-refractivity contribution >= 4 is 0 Å². The molecule has 0 saturated heterocycles. The third-order valence-corrected chi connectivity index (χ3v) is 0. The van der Waals surface area contributed by atoms with Gasteiger partial charge in [0.1, 0.15) is 0 Å². The molecular weight excluding hydrogens is 444 g/mol. The molecule has 0 heterocycles. The van der Waals surface area contributed by atoms with Gasteiger partial charge in [0.15, 0.2) is 0 Å². The maximum atomic E-state index is 0. The van der Waals surface area contributed by atoms with Gasteiger partial charge in [0.05, 0.1) is 0 Å². The van der Waals surface area contributed by atoms with Crippen molar-refractivity contribution in [2.45, 2.75) is 275 Å². The molecular formula is C37H148. The largest absolute Gasteiger partial charge is 0.0776 e. The first kappa shape index (κ1) is 0. The van der Waals surface area contributed by atoms with Gasteiger partial charge < -0.3 is 0 Å². The highest BCUT2D eigenvalue weighted by Gasteiger charge is -0.0416. The smallest absolute Gasteiger partial charge is 0.0776 e. The van der Waals surface area contributed by atoms with Crippen molar-refractivity contribution in [1.82, 2.24) is 0 Å². The van der Waals surface area contributed by atoms with E-state index < -0.39 is 0 Å². The molecule has 0 aromatic carbocycles. The van der Waals surface area contributed by atoms with E-state index in [0.717, 1.165) is 0 Å². The Labute approximate surface area is 274 Å². The van der Waals surface area contributed by atoms with Crippen LogP contribution in [0.5, 0.6) is 0 Å². The Morgan fingerprint density at radius 1 is 0.0270 bits per heavy atom. The third kappa shape index (κ3) is 0. The Hall–Kier alpha value is 0. The van der Waals surface area contributed by atoms with Gasteiger partial charge in [0.2, 0.25) is 0 Å². The van der Waals surface area contributed by atoms with E-state index in [-0.39, 0.29) is 275 Å². The molecule has 0 aromatic heterocycles. The summed E-state index contributed by atoms with van der Waals surface area (Å²) in [6.45, 7) is 0. The van der Waals surface area contributed by atoms with Gasteiger partial charge in [0, 0.05) is 0 Å². The molecule has 0 aliphatic rings. The van der Waals surface area contributed by atoms with E-state index in [1.165, 1.54) is 0 Å². The van der Waals surface area contributed by atoms with E-state index in [2.05, 4.69) is 0 Å². The molecule has 0 radical (unpaired) electrons. The first-order chi connectivity index (χ1) is 0. The molecule has 0 spiro atoms. The monoisotopic (exact) mass is 593 g/mol. The molecule has 0 amide bonds. The molecule has 0 bridgehead atoms. The SMILES string of the molecule is C.C.C.C.C.C.C.C.C.C.C.C.C.C.C.C.C.C.C.C.C.C.C.C.C.C.C.C.C.C.C.C.C.C.C.C.C. The van der Waals surface area contributed by atoms with E-state index in [4.69, 9.17) is 0 Å². The van der Waals surface area contributed by atoms with E-state index in [9.17, 15) is 0 Å². The first-order valence-corrected chi connectivity index (χ1v) is 0. The minimum Gasteiger partial charge on any atom is -0.0776 e. The zero-order chi connectivity index (χ0) is 0. The molecule has 296 valence electrons. The Bertz CT molecular complexity index is 0. The summed E-state index contributed by atoms with van der Waals surface area (Å²) in [4.78, 5) is 0. The van der Waals surface area contributed by atoms with Gasteiger partial charge >= 0.3 is 0 Å². The topological polar surface area (TPSA) is 0 Å². The number of hydrogen-bond acceptors (Lipinski definition) is 0. The minimum atomic E-state index is 0. The highest BCUT2D eigenvalue weighted by molar-refractivity contribution is 2.54. The van der Waals surface area contributed by atoms with Crippen molar-refractivity contribution in [1.29, 1.82) is 0 Å². The zero-order valence-corrected chi connectivity index (χ0v) is 0. The van der Waals surface area contributed by atoms with Gasteiger partial charge in [-0.25, -0.2) is 0 Å². The van der Waals surface area contributed by atoms with Crippen LogP contribution in [0.15, 0.2) is 0 Å². The van der Waals surface area contributed by atoms with Crippen molar-refractivity contribution in [3.05, 3.63) is 0 Å². The predicted molar refractivity (Wildman–Crippen MR) is 249 cm³/mol. The van der Waals surface area contributed by atoms with Crippen LogP contribution in [-0.2, 0) is 0 Å². The van der Waals surface area contributed by atoms with Crippen LogP contribution in [0, 0.1) is 0 Å². The average molecular weight is 594 g/mol. The van der Waals surface area contributed by atoms with Crippen LogP contribution in [0.4, 0.5) is 0 Å². The quantitative estimate of drug-likeness (QED) is 0.262. The summed E-state index contributed by atoms with van der Waals surface area (Å²) >= 11 is 0. The molecule has 0 aromatic rings. The molecule has 0 aliphatic carbocycles. The van der Waals surface area contributed by atoms with Crippen molar-refractivity contribution in [2.75, 3.05) is 0 Å². The van der Waals surface area contributed by atoms with Crippen LogP contribution in [0.1, 0.15) is 275 Å². The second-order valence-electron chi connectivity index (χ2n) is 0. The number of rotatable bonds is 0. The Kier molecular flexibility index (Phi) is 0. The summed E-state index contributed by atoms with van der Waals surface area (Å²) in [7, 11) is 0. The Balaban J connectivity index is 0. The lowest BCUT2D eigenvalue weighted by Gasteiger charge is -0.0786. The Morgan fingerprint density at radius 2 is 0.0270 bits per heavy atom. The fourth-order valence-electron chi connectivity index (χ4n) is 0. The normalized spacial score (nSPS) is 0. The summed E-state index contributed by atoms with van der Waals surface area (Å²) in [5.74, 6) is 0. The van der Waals surface area contributed by atoms with Crippen molar-refractivity contribution < 1.29 is 0 Å². The standard InChI is InChI=1S/37CH4/h37*1H4. The molecule has 0 nitrogen and oxygen atoms in total. The van der Waals surface area contributed by atoms with Gasteiger partial charge in [-0.2, -0.15) is 0 Å². The van der Waals surface area contributed by atoms with Gasteiger partial charge in [-0.15, -0.1) is 0 Å². The molecule has 37 heavy (non-hydrogen) atoms. The molecule has 0 rings (SSSR count). The van der Waals surface area contributed by atoms with Crippen LogP contribution in [0.2, 0.25) is 0 Å². The van der Waals surface area contributed by atoms with Gasteiger partial charge in [-0.3, -0.25) is 0 Å². The van der Waals surface area contributed by atoms with Crippen LogP contribution >= 0.6 is 0 Å². The van der Waals surface area contributed by atoms with Gasteiger partial charge in [-0.05, 0) is 0 Å². The van der Waals surface area contributed by atoms with Crippen LogP contribution in [0.25, 0.3) is 0 Å². The van der Waals surface area contributed by atoms with Crippen molar-refractivity contribution in [2.24, 2.45) is 0 Å². The van der Waals surface area contributed by atoms with Crippen LogP contribution < -0.4 is 0 Å².